The molecule has 0 heterocycles. The van der Waals surface area contributed by atoms with Gasteiger partial charge in [0, 0.05) is 46.3 Å². The molecular formula is C37H31Cl2I3N2. The van der Waals surface area contributed by atoms with Crippen molar-refractivity contribution in [3.63, 3.8) is 0 Å². The van der Waals surface area contributed by atoms with Crippen molar-refractivity contribution < 1.29 is 1.43 Å². The van der Waals surface area contributed by atoms with Crippen molar-refractivity contribution in [1.82, 2.24) is 0 Å². The third-order valence-electron chi connectivity index (χ3n) is 6.30. The smallest absolute Gasteiger partial charge is 0.0967 e. The Hall–Kier alpha value is -2.31. The summed E-state index contributed by atoms with van der Waals surface area (Å²) in [4.78, 5) is 4.53. The van der Waals surface area contributed by atoms with Crippen molar-refractivity contribution in [2.24, 2.45) is 0 Å². The first kappa shape index (κ1) is 34.6. The molecule has 0 spiro atoms. The standard InChI is InChI=1S/C18H12I3N.C18H15N.CH2Cl2.H2/c19-13-1-7-16(8-2-13)22(17-9-3-14(20)4-10-17)18-11-5-15(21)6-12-18;1-4-10-16(11-5-1)19(17-12-6-2-7-13-17)18-14-8-3-9-15-18;2-1-3;/h1-12H;1-15H;1H2;1H. The predicted octanol–water partition coefficient (Wildman–Crippen LogP) is 13.8. The third kappa shape index (κ3) is 10.4. The fourth-order valence-corrected chi connectivity index (χ4v) is 5.47. The number of hydrogen-bond acceptors (Lipinski definition) is 2. The predicted molar refractivity (Wildman–Crippen MR) is 219 cm³/mol. The number of nitrogens with zero attached hydrogens (tertiary/aromatic N) is 2. The van der Waals surface area contributed by atoms with Crippen LogP contribution in [0.5, 0.6) is 0 Å². The van der Waals surface area contributed by atoms with E-state index in [4.69, 9.17) is 23.2 Å². The molecule has 44 heavy (non-hydrogen) atoms. The van der Waals surface area contributed by atoms with Crippen LogP contribution in [0.1, 0.15) is 1.43 Å². The molecule has 0 saturated carbocycles. The Bertz CT molecular complexity index is 1460. The Morgan fingerprint density at radius 3 is 0.727 bits per heavy atom. The van der Waals surface area contributed by atoms with E-state index in [0.29, 0.717) is 0 Å². The molecule has 0 unspecified atom stereocenters. The van der Waals surface area contributed by atoms with Crippen molar-refractivity contribution in [1.29, 1.82) is 0 Å². The largest absolute Gasteiger partial charge is 0.311 e. The van der Waals surface area contributed by atoms with Gasteiger partial charge in [0.05, 0.1) is 5.34 Å². The van der Waals surface area contributed by atoms with Gasteiger partial charge in [0.2, 0.25) is 0 Å². The highest BCUT2D eigenvalue weighted by molar-refractivity contribution is 14.1. The number of halogens is 5. The molecule has 0 amide bonds. The van der Waals surface area contributed by atoms with E-state index in [1.54, 1.807) is 0 Å². The van der Waals surface area contributed by atoms with Crippen LogP contribution in [0.15, 0.2) is 164 Å². The van der Waals surface area contributed by atoms with Gasteiger partial charge in [-0.25, -0.2) is 0 Å². The van der Waals surface area contributed by atoms with Gasteiger partial charge in [0.1, 0.15) is 0 Å². The van der Waals surface area contributed by atoms with E-state index >= 15 is 0 Å². The van der Waals surface area contributed by atoms with Crippen molar-refractivity contribution in [3.8, 4) is 0 Å². The summed E-state index contributed by atoms with van der Waals surface area (Å²) in [7, 11) is 0. The van der Waals surface area contributed by atoms with Gasteiger partial charge in [-0.2, -0.15) is 0 Å². The second-order valence-electron chi connectivity index (χ2n) is 9.21. The van der Waals surface area contributed by atoms with Crippen molar-refractivity contribution in [2.45, 2.75) is 0 Å². The molecule has 0 fully saturated rings. The van der Waals surface area contributed by atoms with E-state index in [2.05, 4.69) is 223 Å². The molecule has 6 aromatic rings. The quantitative estimate of drug-likeness (QED) is 0.121. The summed E-state index contributed by atoms with van der Waals surface area (Å²) in [5.41, 5.74) is 7.01. The average Bonchev–Trinajstić information content (AvgIpc) is 3.06. The first-order valence-electron chi connectivity index (χ1n) is 13.6. The number of alkyl halides is 2. The molecule has 0 aliphatic carbocycles. The topological polar surface area (TPSA) is 6.48 Å². The van der Waals surface area contributed by atoms with Crippen molar-refractivity contribution in [3.05, 3.63) is 175 Å². The van der Waals surface area contributed by atoms with Crippen LogP contribution in [-0.2, 0) is 0 Å². The molecular weight excluding hydrogens is 924 g/mol. The minimum atomic E-state index is 0. The maximum atomic E-state index is 4.76. The zero-order valence-electron chi connectivity index (χ0n) is 23.6. The minimum absolute atomic E-state index is 0. The Balaban J connectivity index is 0.000000223. The van der Waals surface area contributed by atoms with Crippen LogP contribution >= 0.6 is 91.0 Å². The Labute approximate surface area is 312 Å². The zero-order chi connectivity index (χ0) is 31.1. The molecule has 224 valence electrons. The first-order chi connectivity index (χ1) is 21.5. The number of para-hydroxylation sites is 3. The molecule has 0 aliphatic heterocycles. The van der Waals surface area contributed by atoms with E-state index in [9.17, 15) is 0 Å². The van der Waals surface area contributed by atoms with Crippen LogP contribution in [0.3, 0.4) is 0 Å². The van der Waals surface area contributed by atoms with E-state index in [-0.39, 0.29) is 6.77 Å². The average molecular weight is 955 g/mol. The fraction of sp³-hybridized carbons (Fsp3) is 0.0270. The van der Waals surface area contributed by atoms with Crippen molar-refractivity contribution in [2.75, 3.05) is 15.1 Å². The van der Waals surface area contributed by atoms with E-state index in [0.717, 1.165) is 0 Å². The van der Waals surface area contributed by atoms with Crippen LogP contribution in [0.2, 0.25) is 0 Å². The number of anilines is 6. The van der Waals surface area contributed by atoms with Gasteiger partial charge in [-0.3, -0.25) is 0 Å². The summed E-state index contributed by atoms with van der Waals surface area (Å²) in [6.07, 6.45) is 0. The lowest BCUT2D eigenvalue weighted by Gasteiger charge is -2.25. The SMILES string of the molecule is ClCCl.Ic1ccc(N(c2ccc(I)cc2)c2ccc(I)cc2)cc1.[HH].c1ccc(N(c2ccccc2)c2ccccc2)cc1. The van der Waals surface area contributed by atoms with Crippen molar-refractivity contribution >= 4 is 125 Å². The van der Waals surface area contributed by atoms with Crippen LogP contribution in [0.25, 0.3) is 0 Å². The van der Waals surface area contributed by atoms with Crippen LogP contribution in [0.4, 0.5) is 34.1 Å². The number of rotatable bonds is 6. The molecule has 6 rings (SSSR count). The maximum absolute atomic E-state index is 4.76. The summed E-state index contributed by atoms with van der Waals surface area (Å²) < 4.78 is 3.73. The molecule has 7 heteroatoms. The molecule has 0 saturated heterocycles. The molecule has 0 atom stereocenters. The van der Waals surface area contributed by atoms with Gasteiger partial charge in [-0.15, -0.1) is 23.2 Å². The highest BCUT2D eigenvalue weighted by Gasteiger charge is 2.12. The van der Waals surface area contributed by atoms with E-state index in [1.165, 1.54) is 44.8 Å². The summed E-state index contributed by atoms with van der Waals surface area (Å²) in [6.45, 7) is 0. The maximum Gasteiger partial charge on any atom is 0.0967 e. The lowest BCUT2D eigenvalue weighted by atomic mass is 10.2. The summed E-state index contributed by atoms with van der Waals surface area (Å²) in [6, 6.07) is 57.1. The van der Waals surface area contributed by atoms with Gasteiger partial charge in [-0.05, 0) is 177 Å². The third-order valence-corrected chi connectivity index (χ3v) is 8.46. The lowest BCUT2D eigenvalue weighted by molar-refractivity contribution is 1.28. The monoisotopic (exact) mass is 954 g/mol. The first-order valence-corrected chi connectivity index (χ1v) is 17.9. The summed E-state index contributed by atoms with van der Waals surface area (Å²) >= 11 is 16.5. The summed E-state index contributed by atoms with van der Waals surface area (Å²) in [5.74, 6) is 0. The fourth-order valence-electron chi connectivity index (χ4n) is 4.40. The van der Waals surface area contributed by atoms with E-state index in [1.807, 2.05) is 18.2 Å². The van der Waals surface area contributed by atoms with E-state index < -0.39 is 0 Å². The van der Waals surface area contributed by atoms with Gasteiger partial charge in [-0.1, -0.05) is 54.6 Å². The normalized spacial score (nSPS) is 10.0. The van der Waals surface area contributed by atoms with Gasteiger partial charge < -0.3 is 9.80 Å². The highest BCUT2D eigenvalue weighted by Crippen LogP contribution is 2.35. The Morgan fingerprint density at radius 2 is 0.523 bits per heavy atom. The molecule has 0 N–H and O–H groups in total. The molecule has 6 aromatic carbocycles. The molecule has 0 aliphatic rings. The van der Waals surface area contributed by atoms with Gasteiger partial charge >= 0.3 is 0 Å². The Kier molecular flexibility index (Phi) is 14.6. The molecule has 0 radical (unpaired) electrons. The zero-order valence-corrected chi connectivity index (χ0v) is 31.6. The second-order valence-corrected chi connectivity index (χ2v) is 13.8. The van der Waals surface area contributed by atoms with Gasteiger partial charge in [0.15, 0.2) is 0 Å². The molecule has 0 aromatic heterocycles. The van der Waals surface area contributed by atoms with Crippen LogP contribution in [0, 0.1) is 10.7 Å². The molecule has 0 bridgehead atoms. The molecule has 2 nitrogen and oxygen atoms in total. The van der Waals surface area contributed by atoms with Crippen LogP contribution in [-0.4, -0.2) is 5.34 Å². The number of benzene rings is 6. The number of hydrogen-bond donors (Lipinski definition) is 0. The van der Waals surface area contributed by atoms with Crippen LogP contribution < -0.4 is 9.80 Å². The van der Waals surface area contributed by atoms with Gasteiger partial charge in [0.25, 0.3) is 0 Å². The lowest BCUT2D eigenvalue weighted by Crippen LogP contribution is -2.09. The highest BCUT2D eigenvalue weighted by atomic mass is 127. The minimum Gasteiger partial charge on any atom is -0.311 e. The summed E-state index contributed by atoms with van der Waals surface area (Å²) in [5, 5.41) is 0.194. The Morgan fingerprint density at radius 1 is 0.341 bits per heavy atom. The second kappa shape index (κ2) is 18.6.